The maximum absolute atomic E-state index is 5.89. The van der Waals surface area contributed by atoms with Gasteiger partial charge >= 0.3 is 0 Å². The molecule has 0 unspecified atom stereocenters. The van der Waals surface area contributed by atoms with Crippen molar-refractivity contribution in [3.8, 4) is 10.4 Å². The van der Waals surface area contributed by atoms with Crippen LogP contribution in [0.25, 0.3) is 10.4 Å². The fourth-order valence-corrected chi connectivity index (χ4v) is 6.52. The lowest BCUT2D eigenvalue weighted by molar-refractivity contribution is -0.224. The molecule has 1 aliphatic rings. The molecule has 5 heteroatoms. The summed E-state index contributed by atoms with van der Waals surface area (Å²) in [5.41, 5.74) is 1.55. The van der Waals surface area contributed by atoms with E-state index in [9.17, 15) is 0 Å². The summed E-state index contributed by atoms with van der Waals surface area (Å²) in [6.45, 7) is 10.6. The van der Waals surface area contributed by atoms with E-state index in [0.29, 0.717) is 0 Å². The van der Waals surface area contributed by atoms with Gasteiger partial charge in [0.05, 0.1) is 26.9 Å². The Kier molecular flexibility index (Phi) is 4.39. The van der Waals surface area contributed by atoms with E-state index < -0.39 is 8.80 Å². The quantitative estimate of drug-likeness (QED) is 0.779. The molecule has 0 saturated carbocycles. The van der Waals surface area contributed by atoms with Gasteiger partial charge in [-0.1, -0.05) is 26.9 Å². The normalized spacial score (nSPS) is 19.3. The Labute approximate surface area is 136 Å². The van der Waals surface area contributed by atoms with Crippen LogP contribution in [-0.4, -0.2) is 22.0 Å². The van der Waals surface area contributed by atoms with Gasteiger partial charge in [-0.3, -0.25) is 0 Å². The number of hydrogen-bond acceptors (Lipinski definition) is 4. The third kappa shape index (κ3) is 3.32. The minimum absolute atomic E-state index is 0.125. The molecule has 1 saturated heterocycles. The van der Waals surface area contributed by atoms with Gasteiger partial charge in [0.25, 0.3) is 0 Å². The summed E-state index contributed by atoms with van der Waals surface area (Å²) in [5.74, 6) is 0. The third-order valence-corrected chi connectivity index (χ3v) is 8.66. The van der Waals surface area contributed by atoms with E-state index in [-0.39, 0.29) is 11.7 Å². The number of ether oxygens (including phenoxy) is 2. The highest BCUT2D eigenvalue weighted by Gasteiger charge is 2.30. The summed E-state index contributed by atoms with van der Waals surface area (Å²) in [7, 11) is -0.769. The Morgan fingerprint density at radius 3 is 2.52 bits per heavy atom. The molecule has 0 radical (unpaired) electrons. The van der Waals surface area contributed by atoms with Crippen LogP contribution >= 0.6 is 22.7 Å². The largest absolute Gasteiger partial charge is 0.347 e. The maximum Gasteiger partial charge on any atom is 0.193 e. The van der Waals surface area contributed by atoms with Crippen LogP contribution in [0.5, 0.6) is 0 Å². The van der Waals surface area contributed by atoms with Gasteiger partial charge in [0.1, 0.15) is 0 Å². The van der Waals surface area contributed by atoms with E-state index >= 15 is 0 Å². The van der Waals surface area contributed by atoms with Crippen molar-refractivity contribution in [3.05, 3.63) is 28.5 Å². The molecule has 3 rings (SSSR count). The number of rotatable bonds is 3. The van der Waals surface area contributed by atoms with Gasteiger partial charge in [-0.2, -0.15) is 11.3 Å². The first-order valence-electron chi connectivity index (χ1n) is 7.37. The zero-order valence-electron chi connectivity index (χ0n) is 13.0. The molecule has 0 N–H and O–H groups in total. The summed E-state index contributed by atoms with van der Waals surface area (Å²) >= 11 is 3.71. The van der Waals surface area contributed by atoms with Crippen LogP contribution in [0.2, 0.25) is 13.1 Å². The molecule has 3 heterocycles. The van der Waals surface area contributed by atoms with Crippen molar-refractivity contribution < 1.29 is 9.47 Å². The maximum atomic E-state index is 5.89. The SMILES string of the molecule is C[SiH](C)c1sccc1-c1ccc(C2OCC(C)(C)CO2)s1. The zero-order chi connectivity index (χ0) is 15.0. The summed E-state index contributed by atoms with van der Waals surface area (Å²) in [6, 6.07) is 6.63. The van der Waals surface area contributed by atoms with Gasteiger partial charge in [-0.25, -0.2) is 0 Å². The van der Waals surface area contributed by atoms with Crippen molar-refractivity contribution in [2.75, 3.05) is 13.2 Å². The lowest BCUT2D eigenvalue weighted by Crippen LogP contribution is -2.33. The van der Waals surface area contributed by atoms with Crippen LogP contribution in [0.15, 0.2) is 23.6 Å². The van der Waals surface area contributed by atoms with Crippen LogP contribution < -0.4 is 4.50 Å². The molecule has 2 aromatic heterocycles. The smallest absolute Gasteiger partial charge is 0.193 e. The van der Waals surface area contributed by atoms with Crippen molar-refractivity contribution in [1.29, 1.82) is 0 Å². The molecular weight excluding hydrogens is 316 g/mol. The van der Waals surface area contributed by atoms with Crippen LogP contribution in [-0.2, 0) is 9.47 Å². The molecule has 2 nitrogen and oxygen atoms in total. The van der Waals surface area contributed by atoms with E-state index in [1.165, 1.54) is 15.3 Å². The van der Waals surface area contributed by atoms with Crippen molar-refractivity contribution in [2.45, 2.75) is 33.2 Å². The van der Waals surface area contributed by atoms with Gasteiger partial charge in [-0.05, 0) is 28.1 Å². The van der Waals surface area contributed by atoms with Crippen LogP contribution in [0.3, 0.4) is 0 Å². The molecular formula is C16H22O2S2Si. The second kappa shape index (κ2) is 5.97. The molecule has 114 valence electrons. The minimum atomic E-state index is -0.769. The van der Waals surface area contributed by atoms with Gasteiger partial charge in [0, 0.05) is 15.9 Å². The minimum Gasteiger partial charge on any atom is -0.347 e. The Morgan fingerprint density at radius 2 is 1.86 bits per heavy atom. The van der Waals surface area contributed by atoms with Gasteiger partial charge < -0.3 is 9.47 Å². The van der Waals surface area contributed by atoms with Crippen LogP contribution in [0.4, 0.5) is 0 Å². The second-order valence-corrected chi connectivity index (χ2v) is 12.0. The highest BCUT2D eigenvalue weighted by molar-refractivity contribution is 7.23. The van der Waals surface area contributed by atoms with Crippen molar-refractivity contribution in [1.82, 2.24) is 0 Å². The molecule has 1 fully saturated rings. The number of hydrogen-bond donors (Lipinski definition) is 0. The molecule has 0 aromatic carbocycles. The van der Waals surface area contributed by atoms with E-state index in [1.54, 1.807) is 4.50 Å². The monoisotopic (exact) mass is 338 g/mol. The highest BCUT2D eigenvalue weighted by Crippen LogP contribution is 2.37. The molecule has 0 spiro atoms. The summed E-state index contributed by atoms with van der Waals surface area (Å²) in [5, 5.41) is 2.22. The molecule has 0 bridgehead atoms. The van der Waals surface area contributed by atoms with Crippen molar-refractivity contribution >= 4 is 36.0 Å². The Balaban J connectivity index is 1.79. The topological polar surface area (TPSA) is 18.5 Å². The Morgan fingerprint density at radius 1 is 1.14 bits per heavy atom. The first kappa shape index (κ1) is 15.4. The average Bonchev–Trinajstić information content (AvgIpc) is 3.07. The standard InChI is InChI=1S/C16H22O2S2Si/c1-16(2)9-17-14(18-10-16)13-6-5-12(20-13)11-7-8-19-15(11)21(3)4/h5-8,14,21H,9-10H2,1-4H3. The predicted molar refractivity (Wildman–Crippen MR) is 94.6 cm³/mol. The Hall–Kier alpha value is -0.463. The molecule has 0 atom stereocenters. The Bertz CT molecular complexity index is 605. The lowest BCUT2D eigenvalue weighted by atomic mass is 9.96. The van der Waals surface area contributed by atoms with Crippen LogP contribution in [0, 0.1) is 5.41 Å². The fourth-order valence-electron chi connectivity index (χ4n) is 2.45. The van der Waals surface area contributed by atoms with Crippen molar-refractivity contribution in [2.24, 2.45) is 5.41 Å². The summed E-state index contributed by atoms with van der Waals surface area (Å²) in [4.78, 5) is 2.53. The molecule has 2 aromatic rings. The predicted octanol–water partition coefficient (Wildman–Crippen LogP) is 4.24. The summed E-state index contributed by atoms with van der Waals surface area (Å²) < 4.78 is 13.4. The van der Waals surface area contributed by atoms with Crippen LogP contribution in [0.1, 0.15) is 25.0 Å². The fraction of sp³-hybridized carbons (Fsp3) is 0.500. The first-order valence-corrected chi connectivity index (χ1v) is 12.0. The zero-order valence-corrected chi connectivity index (χ0v) is 15.8. The first-order chi connectivity index (χ1) is 9.96. The second-order valence-electron chi connectivity index (χ2n) is 6.67. The van der Waals surface area contributed by atoms with Crippen molar-refractivity contribution in [3.63, 3.8) is 0 Å². The molecule has 21 heavy (non-hydrogen) atoms. The van der Waals surface area contributed by atoms with E-state index in [1.807, 2.05) is 22.7 Å². The van der Waals surface area contributed by atoms with E-state index in [2.05, 4.69) is 50.5 Å². The van der Waals surface area contributed by atoms with Gasteiger partial charge in [-0.15, -0.1) is 11.3 Å². The average molecular weight is 339 g/mol. The van der Waals surface area contributed by atoms with E-state index in [0.717, 1.165) is 13.2 Å². The third-order valence-electron chi connectivity index (χ3n) is 3.59. The van der Waals surface area contributed by atoms with Gasteiger partial charge in [0.2, 0.25) is 0 Å². The molecule has 1 aliphatic heterocycles. The lowest BCUT2D eigenvalue weighted by Gasteiger charge is -2.34. The van der Waals surface area contributed by atoms with E-state index in [4.69, 9.17) is 9.47 Å². The van der Waals surface area contributed by atoms with Gasteiger partial charge in [0.15, 0.2) is 6.29 Å². The molecule has 0 aliphatic carbocycles. The summed E-state index contributed by atoms with van der Waals surface area (Å²) in [6.07, 6.45) is -0.185. The number of thiophene rings is 2. The molecule has 0 amide bonds. The highest BCUT2D eigenvalue weighted by atomic mass is 32.1.